The first-order valence-electron chi connectivity index (χ1n) is 9.35. The highest BCUT2D eigenvalue weighted by molar-refractivity contribution is 5.95. The van der Waals surface area contributed by atoms with Crippen LogP contribution < -0.4 is 10.6 Å². The van der Waals surface area contributed by atoms with Gasteiger partial charge in [0.2, 0.25) is 0 Å². The van der Waals surface area contributed by atoms with E-state index in [0.717, 1.165) is 28.9 Å². The van der Waals surface area contributed by atoms with Crippen molar-refractivity contribution in [2.75, 3.05) is 5.32 Å². The van der Waals surface area contributed by atoms with Crippen LogP contribution in [0.15, 0.2) is 72.8 Å². The molecule has 0 saturated carbocycles. The Balaban J connectivity index is 1.80. The molecule has 3 aromatic rings. The van der Waals surface area contributed by atoms with Gasteiger partial charge in [-0.1, -0.05) is 72.3 Å². The van der Waals surface area contributed by atoms with E-state index in [2.05, 4.69) is 47.9 Å². The van der Waals surface area contributed by atoms with Gasteiger partial charge in [0.25, 0.3) is 5.91 Å². The van der Waals surface area contributed by atoms with Gasteiger partial charge in [0.05, 0.1) is 0 Å². The fourth-order valence-electron chi connectivity index (χ4n) is 3.11. The fraction of sp³-hybridized carbons (Fsp3) is 0.208. The molecule has 3 N–H and O–H groups in total. The van der Waals surface area contributed by atoms with Gasteiger partial charge in [0, 0.05) is 16.8 Å². The summed E-state index contributed by atoms with van der Waals surface area (Å²) in [7, 11) is 0. The van der Waals surface area contributed by atoms with Crippen molar-refractivity contribution in [1.82, 2.24) is 0 Å². The predicted molar refractivity (Wildman–Crippen MR) is 111 cm³/mol. The first kappa shape index (κ1) is 18.9. The van der Waals surface area contributed by atoms with E-state index in [9.17, 15) is 4.79 Å². The van der Waals surface area contributed by atoms with Crippen molar-refractivity contribution >= 4 is 11.6 Å². The van der Waals surface area contributed by atoms with E-state index in [1.807, 2.05) is 56.3 Å². The second-order valence-corrected chi connectivity index (χ2v) is 7.12. The van der Waals surface area contributed by atoms with E-state index in [-0.39, 0.29) is 11.9 Å². The van der Waals surface area contributed by atoms with Crippen molar-refractivity contribution in [3.05, 3.63) is 101 Å². The fourth-order valence-corrected chi connectivity index (χ4v) is 3.11. The Morgan fingerprint density at radius 3 is 2.26 bits per heavy atom. The van der Waals surface area contributed by atoms with Gasteiger partial charge in [0.15, 0.2) is 6.04 Å². The van der Waals surface area contributed by atoms with Gasteiger partial charge >= 0.3 is 0 Å². The van der Waals surface area contributed by atoms with Crippen LogP contribution in [-0.2, 0) is 11.3 Å². The van der Waals surface area contributed by atoms with Crippen LogP contribution in [0.25, 0.3) is 0 Å². The number of benzene rings is 3. The molecule has 0 aromatic heterocycles. The quantitative estimate of drug-likeness (QED) is 0.685. The van der Waals surface area contributed by atoms with Gasteiger partial charge in [0.1, 0.15) is 6.54 Å². The summed E-state index contributed by atoms with van der Waals surface area (Å²) < 4.78 is 0. The summed E-state index contributed by atoms with van der Waals surface area (Å²) in [6.45, 7) is 6.88. The summed E-state index contributed by atoms with van der Waals surface area (Å²) in [4.78, 5) is 13.1. The molecule has 0 spiro atoms. The first-order valence-corrected chi connectivity index (χ1v) is 9.35. The van der Waals surface area contributed by atoms with Gasteiger partial charge in [-0.05, 0) is 38.0 Å². The molecule has 3 nitrogen and oxygen atoms in total. The molecule has 0 heterocycles. The maximum absolute atomic E-state index is 13.1. The van der Waals surface area contributed by atoms with Crippen LogP contribution in [0.5, 0.6) is 0 Å². The van der Waals surface area contributed by atoms with Crippen molar-refractivity contribution in [3.63, 3.8) is 0 Å². The maximum atomic E-state index is 13.1. The van der Waals surface area contributed by atoms with Crippen molar-refractivity contribution in [2.24, 2.45) is 0 Å². The third-order valence-electron chi connectivity index (χ3n) is 4.80. The molecule has 27 heavy (non-hydrogen) atoms. The Labute approximate surface area is 161 Å². The molecular weight excluding hydrogens is 332 g/mol. The standard InChI is InChI=1S/C24H26N2O/c1-17-10-13-20(14-11-17)16-25-23(21-7-5-4-6-8-21)24(27)26-22-15-18(2)9-12-19(22)3/h4-15,23,25H,16H2,1-3H3,(H,26,27)/p+1/t23-/m1/s1. The number of hydrogen-bond donors (Lipinski definition) is 2. The normalized spacial score (nSPS) is 11.8. The van der Waals surface area contributed by atoms with Gasteiger partial charge in [-0.15, -0.1) is 0 Å². The summed E-state index contributed by atoms with van der Waals surface area (Å²) in [5.41, 5.74) is 6.54. The summed E-state index contributed by atoms with van der Waals surface area (Å²) >= 11 is 0. The van der Waals surface area contributed by atoms with Gasteiger partial charge in [-0.2, -0.15) is 0 Å². The smallest absolute Gasteiger partial charge is 0.287 e. The van der Waals surface area contributed by atoms with Gasteiger partial charge in [-0.25, -0.2) is 0 Å². The lowest BCUT2D eigenvalue weighted by Gasteiger charge is -2.17. The first-order chi connectivity index (χ1) is 13.0. The minimum absolute atomic E-state index is 0.00186. The number of carbonyl (C=O) groups is 1. The average Bonchev–Trinajstić information content (AvgIpc) is 2.67. The lowest BCUT2D eigenvalue weighted by atomic mass is 10.0. The maximum Gasteiger partial charge on any atom is 0.287 e. The minimum Gasteiger partial charge on any atom is -0.328 e. The van der Waals surface area contributed by atoms with E-state index in [1.54, 1.807) is 0 Å². The predicted octanol–water partition coefficient (Wildman–Crippen LogP) is 4.06. The zero-order valence-corrected chi connectivity index (χ0v) is 16.2. The SMILES string of the molecule is Cc1ccc(C[NH2+][C@@H](C(=O)Nc2cc(C)ccc2C)c2ccccc2)cc1. The lowest BCUT2D eigenvalue weighted by molar-refractivity contribution is -0.697. The number of quaternary nitrogens is 1. The lowest BCUT2D eigenvalue weighted by Crippen LogP contribution is -2.85. The molecule has 3 aromatic carbocycles. The third-order valence-corrected chi connectivity index (χ3v) is 4.80. The van der Waals surface area contributed by atoms with Crippen molar-refractivity contribution in [1.29, 1.82) is 0 Å². The van der Waals surface area contributed by atoms with E-state index >= 15 is 0 Å². The van der Waals surface area contributed by atoms with E-state index in [1.165, 1.54) is 11.1 Å². The molecule has 0 aliphatic rings. The number of anilines is 1. The number of rotatable bonds is 6. The molecule has 3 heteroatoms. The highest BCUT2D eigenvalue weighted by atomic mass is 16.2. The van der Waals surface area contributed by atoms with Crippen LogP contribution in [0, 0.1) is 20.8 Å². The summed E-state index contributed by atoms with van der Waals surface area (Å²) in [6.07, 6.45) is 0. The zero-order valence-electron chi connectivity index (χ0n) is 16.2. The highest BCUT2D eigenvalue weighted by Gasteiger charge is 2.24. The Kier molecular flexibility index (Phi) is 6.05. The van der Waals surface area contributed by atoms with Crippen LogP contribution >= 0.6 is 0 Å². The van der Waals surface area contributed by atoms with Crippen molar-refractivity contribution in [3.8, 4) is 0 Å². The van der Waals surface area contributed by atoms with Crippen LogP contribution in [0.4, 0.5) is 5.69 Å². The number of carbonyl (C=O) groups excluding carboxylic acids is 1. The third kappa shape index (κ3) is 5.05. The topological polar surface area (TPSA) is 45.7 Å². The average molecular weight is 359 g/mol. The van der Waals surface area contributed by atoms with E-state index in [0.29, 0.717) is 0 Å². The summed E-state index contributed by atoms with van der Waals surface area (Å²) in [5, 5.41) is 5.22. The Hall–Kier alpha value is -2.91. The van der Waals surface area contributed by atoms with Crippen molar-refractivity contribution < 1.29 is 10.1 Å². The number of nitrogens with one attached hydrogen (secondary N) is 1. The van der Waals surface area contributed by atoms with Gasteiger partial charge in [-0.3, -0.25) is 4.79 Å². The van der Waals surface area contributed by atoms with Crippen LogP contribution in [-0.4, -0.2) is 5.91 Å². The zero-order chi connectivity index (χ0) is 19.2. The molecule has 0 bridgehead atoms. The van der Waals surface area contributed by atoms with Crippen LogP contribution in [0.3, 0.4) is 0 Å². The highest BCUT2D eigenvalue weighted by Crippen LogP contribution is 2.19. The van der Waals surface area contributed by atoms with Crippen LogP contribution in [0.1, 0.15) is 33.9 Å². The van der Waals surface area contributed by atoms with E-state index in [4.69, 9.17) is 0 Å². The molecule has 3 rings (SSSR count). The molecule has 1 amide bonds. The molecular formula is C24H27N2O+. The molecule has 0 fully saturated rings. The van der Waals surface area contributed by atoms with Crippen molar-refractivity contribution in [2.45, 2.75) is 33.4 Å². The van der Waals surface area contributed by atoms with E-state index < -0.39 is 0 Å². The Morgan fingerprint density at radius 1 is 0.889 bits per heavy atom. The number of amides is 1. The molecule has 0 radical (unpaired) electrons. The summed E-state index contributed by atoms with van der Waals surface area (Å²) in [6, 6.07) is 24.2. The molecule has 0 saturated heterocycles. The second kappa shape index (κ2) is 8.65. The number of aryl methyl sites for hydroxylation is 3. The second-order valence-electron chi connectivity index (χ2n) is 7.12. The minimum atomic E-state index is -0.299. The van der Waals surface area contributed by atoms with Gasteiger partial charge < -0.3 is 10.6 Å². The Morgan fingerprint density at radius 2 is 1.56 bits per heavy atom. The molecule has 1 atom stereocenters. The molecule has 138 valence electrons. The molecule has 0 aliphatic carbocycles. The summed E-state index contributed by atoms with van der Waals surface area (Å²) in [5.74, 6) is 0.00186. The van der Waals surface area contributed by atoms with Crippen LogP contribution in [0.2, 0.25) is 0 Å². The Bertz CT molecular complexity index is 901. The molecule has 0 aliphatic heterocycles. The molecule has 0 unspecified atom stereocenters. The number of nitrogens with two attached hydrogens (primary N) is 1. The largest absolute Gasteiger partial charge is 0.328 e. The monoisotopic (exact) mass is 359 g/mol. The number of hydrogen-bond acceptors (Lipinski definition) is 1.